The van der Waals surface area contributed by atoms with Crippen molar-refractivity contribution in [3.63, 3.8) is 0 Å². The molecule has 0 saturated heterocycles. The van der Waals surface area contributed by atoms with E-state index in [0.29, 0.717) is 12.2 Å². The lowest BCUT2D eigenvalue weighted by Crippen LogP contribution is -2.04. The smallest absolute Gasteiger partial charge is 0.188 e. The number of hydrogen-bond acceptors (Lipinski definition) is 2. The van der Waals surface area contributed by atoms with E-state index >= 15 is 0 Å². The maximum atomic E-state index is 13.5. The lowest BCUT2D eigenvalue weighted by Gasteiger charge is -2.09. The van der Waals surface area contributed by atoms with Gasteiger partial charge in [0.1, 0.15) is 0 Å². The highest BCUT2D eigenvalue weighted by Crippen LogP contribution is 2.23. The summed E-state index contributed by atoms with van der Waals surface area (Å²) in [5.74, 6) is -0.118. The standard InChI is InChI=1S/C11H14FNO/c1-8(2)7-13-9-5-4-6-10(14-3)11(9)12/h4-6,13H,1,7H2,2-3H3. The van der Waals surface area contributed by atoms with Gasteiger partial charge in [0.15, 0.2) is 11.6 Å². The van der Waals surface area contributed by atoms with Gasteiger partial charge in [0, 0.05) is 6.54 Å². The van der Waals surface area contributed by atoms with Crippen molar-refractivity contribution in [3.05, 3.63) is 36.2 Å². The minimum atomic E-state index is -0.365. The molecule has 0 bridgehead atoms. The molecule has 0 unspecified atom stereocenters. The second kappa shape index (κ2) is 4.65. The fraction of sp³-hybridized carbons (Fsp3) is 0.273. The molecule has 0 aliphatic carbocycles. The van der Waals surface area contributed by atoms with Crippen LogP contribution >= 0.6 is 0 Å². The predicted octanol–water partition coefficient (Wildman–Crippen LogP) is 2.82. The fourth-order valence-electron chi connectivity index (χ4n) is 1.05. The van der Waals surface area contributed by atoms with Gasteiger partial charge in [0.2, 0.25) is 0 Å². The van der Waals surface area contributed by atoms with Crippen LogP contribution in [0.25, 0.3) is 0 Å². The highest BCUT2D eigenvalue weighted by atomic mass is 19.1. The summed E-state index contributed by atoms with van der Waals surface area (Å²) in [6, 6.07) is 4.99. The van der Waals surface area contributed by atoms with E-state index in [0.717, 1.165) is 5.57 Å². The normalized spacial score (nSPS) is 9.64. The van der Waals surface area contributed by atoms with Crippen LogP contribution in [0.3, 0.4) is 0 Å². The van der Waals surface area contributed by atoms with Crippen molar-refractivity contribution in [3.8, 4) is 5.75 Å². The maximum Gasteiger partial charge on any atom is 0.188 e. The van der Waals surface area contributed by atoms with Gasteiger partial charge in [0.05, 0.1) is 12.8 Å². The van der Waals surface area contributed by atoms with Gasteiger partial charge in [-0.2, -0.15) is 0 Å². The number of nitrogens with one attached hydrogen (secondary N) is 1. The van der Waals surface area contributed by atoms with E-state index in [4.69, 9.17) is 4.74 Å². The maximum absolute atomic E-state index is 13.5. The monoisotopic (exact) mass is 195 g/mol. The van der Waals surface area contributed by atoms with E-state index < -0.39 is 0 Å². The van der Waals surface area contributed by atoms with E-state index in [1.807, 2.05) is 6.92 Å². The zero-order chi connectivity index (χ0) is 10.6. The Morgan fingerprint density at radius 2 is 2.29 bits per heavy atom. The molecule has 0 heterocycles. The number of rotatable bonds is 4. The third kappa shape index (κ3) is 2.49. The molecule has 0 radical (unpaired) electrons. The highest BCUT2D eigenvalue weighted by molar-refractivity contribution is 5.50. The summed E-state index contributed by atoms with van der Waals surface area (Å²) in [6.07, 6.45) is 0. The molecule has 0 saturated carbocycles. The zero-order valence-electron chi connectivity index (χ0n) is 8.43. The Balaban J connectivity index is 2.81. The van der Waals surface area contributed by atoms with Crippen molar-refractivity contribution < 1.29 is 9.13 Å². The third-order valence-corrected chi connectivity index (χ3v) is 1.76. The van der Waals surface area contributed by atoms with Gasteiger partial charge >= 0.3 is 0 Å². The second-order valence-corrected chi connectivity index (χ2v) is 3.13. The largest absolute Gasteiger partial charge is 0.494 e. The number of ether oxygens (including phenoxy) is 1. The molecule has 1 N–H and O–H groups in total. The van der Waals surface area contributed by atoms with E-state index in [2.05, 4.69) is 11.9 Å². The molecular formula is C11H14FNO. The number of methoxy groups -OCH3 is 1. The molecule has 0 fully saturated rings. The van der Waals surface area contributed by atoms with E-state index in [1.165, 1.54) is 7.11 Å². The van der Waals surface area contributed by atoms with Gasteiger partial charge in [-0.1, -0.05) is 18.2 Å². The van der Waals surface area contributed by atoms with Crippen molar-refractivity contribution in [1.82, 2.24) is 0 Å². The van der Waals surface area contributed by atoms with Crippen LogP contribution in [0.4, 0.5) is 10.1 Å². The molecule has 0 aliphatic rings. The Morgan fingerprint density at radius 1 is 1.57 bits per heavy atom. The van der Waals surface area contributed by atoms with Crippen molar-refractivity contribution in [1.29, 1.82) is 0 Å². The molecule has 0 amide bonds. The number of halogens is 1. The summed E-state index contributed by atoms with van der Waals surface area (Å²) in [6.45, 7) is 6.17. The van der Waals surface area contributed by atoms with Crippen molar-refractivity contribution in [2.45, 2.75) is 6.92 Å². The second-order valence-electron chi connectivity index (χ2n) is 3.13. The van der Waals surface area contributed by atoms with Gasteiger partial charge in [-0.25, -0.2) is 4.39 Å². The Hall–Kier alpha value is -1.51. The molecule has 14 heavy (non-hydrogen) atoms. The van der Waals surface area contributed by atoms with Crippen LogP contribution in [-0.4, -0.2) is 13.7 Å². The Labute approximate surface area is 83.4 Å². The van der Waals surface area contributed by atoms with Gasteiger partial charge in [0.25, 0.3) is 0 Å². The Kier molecular flexibility index (Phi) is 3.51. The summed E-state index contributed by atoms with van der Waals surface area (Å²) < 4.78 is 18.4. The molecule has 1 aromatic rings. The molecule has 76 valence electrons. The van der Waals surface area contributed by atoms with Crippen molar-refractivity contribution in [2.24, 2.45) is 0 Å². The summed E-state index contributed by atoms with van der Waals surface area (Å²) >= 11 is 0. The molecule has 0 aliphatic heterocycles. The first-order valence-electron chi connectivity index (χ1n) is 4.36. The minimum absolute atomic E-state index is 0.247. The molecule has 3 heteroatoms. The van der Waals surface area contributed by atoms with Crippen LogP contribution in [-0.2, 0) is 0 Å². The highest BCUT2D eigenvalue weighted by Gasteiger charge is 2.06. The lowest BCUT2D eigenvalue weighted by atomic mass is 10.2. The first-order chi connectivity index (χ1) is 6.65. The number of anilines is 1. The number of hydrogen-bond donors (Lipinski definition) is 1. The zero-order valence-corrected chi connectivity index (χ0v) is 8.43. The van der Waals surface area contributed by atoms with Crippen LogP contribution in [0.15, 0.2) is 30.4 Å². The summed E-state index contributed by atoms with van der Waals surface area (Å²) in [7, 11) is 1.45. The molecular weight excluding hydrogens is 181 g/mol. The molecule has 0 aromatic heterocycles. The van der Waals surface area contributed by atoms with Gasteiger partial charge in [-0.15, -0.1) is 0 Å². The number of benzene rings is 1. The summed E-state index contributed by atoms with van der Waals surface area (Å²) in [5, 5.41) is 2.93. The fourth-order valence-corrected chi connectivity index (χ4v) is 1.05. The average Bonchev–Trinajstić information content (AvgIpc) is 2.16. The first-order valence-corrected chi connectivity index (χ1v) is 4.36. The topological polar surface area (TPSA) is 21.3 Å². The molecule has 1 aromatic carbocycles. The third-order valence-electron chi connectivity index (χ3n) is 1.76. The minimum Gasteiger partial charge on any atom is -0.494 e. The first kappa shape index (κ1) is 10.6. The van der Waals surface area contributed by atoms with Gasteiger partial charge < -0.3 is 10.1 Å². The molecule has 1 rings (SSSR count). The van der Waals surface area contributed by atoms with Crippen molar-refractivity contribution in [2.75, 3.05) is 19.0 Å². The quantitative estimate of drug-likeness (QED) is 0.746. The summed E-state index contributed by atoms with van der Waals surface area (Å²) in [4.78, 5) is 0. The van der Waals surface area contributed by atoms with Crippen molar-refractivity contribution >= 4 is 5.69 Å². The van der Waals surface area contributed by atoms with E-state index in [9.17, 15) is 4.39 Å². The van der Waals surface area contributed by atoms with Crippen LogP contribution in [0, 0.1) is 5.82 Å². The van der Waals surface area contributed by atoms with E-state index in [-0.39, 0.29) is 11.6 Å². The van der Waals surface area contributed by atoms with Crippen LogP contribution in [0.2, 0.25) is 0 Å². The van der Waals surface area contributed by atoms with Gasteiger partial charge in [-0.3, -0.25) is 0 Å². The van der Waals surface area contributed by atoms with E-state index in [1.54, 1.807) is 18.2 Å². The Bertz CT molecular complexity index is 336. The SMILES string of the molecule is C=C(C)CNc1cccc(OC)c1F. The molecule has 0 spiro atoms. The van der Waals surface area contributed by atoms with Crippen LogP contribution in [0.1, 0.15) is 6.92 Å². The van der Waals surface area contributed by atoms with Gasteiger partial charge in [-0.05, 0) is 19.1 Å². The van der Waals surface area contributed by atoms with Crippen LogP contribution < -0.4 is 10.1 Å². The Morgan fingerprint density at radius 3 is 2.86 bits per heavy atom. The summed E-state index contributed by atoms with van der Waals surface area (Å²) in [5.41, 5.74) is 1.39. The lowest BCUT2D eigenvalue weighted by molar-refractivity contribution is 0.387. The van der Waals surface area contributed by atoms with Crippen LogP contribution in [0.5, 0.6) is 5.75 Å². The molecule has 0 atom stereocenters. The molecule has 2 nitrogen and oxygen atoms in total. The predicted molar refractivity (Wildman–Crippen MR) is 56.3 cm³/mol. The average molecular weight is 195 g/mol.